The second-order valence-corrected chi connectivity index (χ2v) is 6.36. The van der Waals surface area contributed by atoms with Gasteiger partial charge in [0.25, 0.3) is 11.9 Å². The molecular formula is C20H42O5. The van der Waals surface area contributed by atoms with Gasteiger partial charge >= 0.3 is 0 Å². The highest BCUT2D eigenvalue weighted by Gasteiger charge is 1.93. The quantitative estimate of drug-likeness (QED) is 0.347. The molecule has 0 saturated carbocycles. The fraction of sp³-hybridized carbons (Fsp3) is 0.900. The number of hydrogen-bond donors (Lipinski definition) is 3. The first-order valence-electron chi connectivity index (χ1n) is 9.88. The predicted molar refractivity (Wildman–Crippen MR) is 104 cm³/mol. The van der Waals surface area contributed by atoms with E-state index < -0.39 is 11.9 Å². The number of carbonyl (C=O) groups is 2. The van der Waals surface area contributed by atoms with E-state index in [0.717, 1.165) is 20.3 Å². The number of aliphatic hydroxyl groups excluding tert-OH is 1. The number of carboxylic acid groups (broad SMARTS) is 2. The van der Waals surface area contributed by atoms with Crippen molar-refractivity contribution in [2.24, 2.45) is 0 Å². The summed E-state index contributed by atoms with van der Waals surface area (Å²) >= 11 is 0. The minimum atomic E-state index is -0.833. The lowest BCUT2D eigenvalue weighted by Crippen LogP contribution is -1.84. The van der Waals surface area contributed by atoms with Crippen molar-refractivity contribution in [2.75, 3.05) is 6.61 Å². The van der Waals surface area contributed by atoms with Crippen LogP contribution >= 0.6 is 0 Å². The molecular weight excluding hydrogens is 320 g/mol. The third-order valence-corrected chi connectivity index (χ3v) is 3.51. The van der Waals surface area contributed by atoms with E-state index in [0.29, 0.717) is 6.61 Å². The van der Waals surface area contributed by atoms with Crippen LogP contribution in [-0.2, 0) is 9.59 Å². The molecule has 25 heavy (non-hydrogen) atoms. The molecule has 0 aromatic carbocycles. The zero-order valence-corrected chi connectivity index (χ0v) is 16.8. The van der Waals surface area contributed by atoms with Crippen LogP contribution in [0.3, 0.4) is 0 Å². The average Bonchev–Trinajstić information content (AvgIpc) is 2.51. The lowest BCUT2D eigenvalue weighted by molar-refractivity contribution is -0.135. The highest BCUT2D eigenvalue weighted by molar-refractivity contribution is 5.63. The van der Waals surface area contributed by atoms with Gasteiger partial charge in [0.15, 0.2) is 0 Å². The Hall–Kier alpha value is -1.10. The smallest absolute Gasteiger partial charge is 0.300 e. The highest BCUT2D eigenvalue weighted by atomic mass is 16.4. The molecule has 0 unspecified atom stereocenters. The third kappa shape index (κ3) is 60.1. The Bertz CT molecular complexity index is 233. The number of aliphatic carboxylic acids is 2. The number of hydrogen-bond acceptors (Lipinski definition) is 3. The molecule has 0 aromatic rings. The normalized spacial score (nSPS) is 9.44. The SMILES string of the molecule is CC(=O)O.CC(=O)O.CCCCCCCCCCCCCCCCO. The summed E-state index contributed by atoms with van der Waals surface area (Å²) in [6.07, 6.45) is 19.2. The van der Waals surface area contributed by atoms with Crippen molar-refractivity contribution >= 4 is 11.9 Å². The maximum absolute atomic E-state index is 9.00. The molecule has 0 aliphatic heterocycles. The molecule has 0 atom stereocenters. The average molecular weight is 363 g/mol. The number of unbranched alkanes of at least 4 members (excludes halogenated alkanes) is 13. The van der Waals surface area contributed by atoms with Crippen molar-refractivity contribution < 1.29 is 24.9 Å². The first-order valence-corrected chi connectivity index (χ1v) is 9.88. The Kier molecular flexibility index (Phi) is 31.8. The molecule has 0 aliphatic carbocycles. The number of rotatable bonds is 14. The van der Waals surface area contributed by atoms with Crippen LogP contribution < -0.4 is 0 Å². The third-order valence-electron chi connectivity index (χ3n) is 3.51. The Balaban J connectivity index is -0.000000503. The summed E-state index contributed by atoms with van der Waals surface area (Å²) in [7, 11) is 0. The topological polar surface area (TPSA) is 94.8 Å². The Labute approximate surface area is 154 Å². The minimum absolute atomic E-state index is 0.373. The summed E-state index contributed by atoms with van der Waals surface area (Å²) in [5, 5.41) is 23.5. The molecule has 0 radical (unpaired) electrons. The van der Waals surface area contributed by atoms with Crippen LogP contribution in [0.25, 0.3) is 0 Å². The zero-order chi connectivity index (χ0) is 19.8. The monoisotopic (exact) mass is 362 g/mol. The largest absolute Gasteiger partial charge is 0.481 e. The van der Waals surface area contributed by atoms with Gasteiger partial charge in [-0.2, -0.15) is 0 Å². The fourth-order valence-corrected chi connectivity index (χ4v) is 2.31. The summed E-state index contributed by atoms with van der Waals surface area (Å²) in [6, 6.07) is 0. The van der Waals surface area contributed by atoms with E-state index in [-0.39, 0.29) is 0 Å². The van der Waals surface area contributed by atoms with Gasteiger partial charge in [-0.05, 0) is 6.42 Å². The van der Waals surface area contributed by atoms with E-state index in [4.69, 9.17) is 24.9 Å². The van der Waals surface area contributed by atoms with Crippen molar-refractivity contribution in [3.05, 3.63) is 0 Å². The fourth-order valence-electron chi connectivity index (χ4n) is 2.31. The van der Waals surface area contributed by atoms with Crippen LogP contribution in [0.5, 0.6) is 0 Å². The van der Waals surface area contributed by atoms with Gasteiger partial charge in [-0.25, -0.2) is 0 Å². The first-order chi connectivity index (χ1) is 11.9. The lowest BCUT2D eigenvalue weighted by atomic mass is 10.0. The van der Waals surface area contributed by atoms with Gasteiger partial charge in [0.05, 0.1) is 0 Å². The van der Waals surface area contributed by atoms with Crippen LogP contribution in [0.15, 0.2) is 0 Å². The van der Waals surface area contributed by atoms with Crippen molar-refractivity contribution in [3.63, 3.8) is 0 Å². The van der Waals surface area contributed by atoms with E-state index >= 15 is 0 Å². The molecule has 0 amide bonds. The molecule has 5 heteroatoms. The first kappa shape index (κ1) is 28.7. The van der Waals surface area contributed by atoms with Gasteiger partial charge in [-0.1, -0.05) is 90.4 Å². The van der Waals surface area contributed by atoms with E-state index in [1.165, 1.54) is 83.5 Å². The van der Waals surface area contributed by atoms with Gasteiger partial charge in [0.1, 0.15) is 0 Å². The Morgan fingerprint density at radius 3 is 0.960 bits per heavy atom. The molecule has 0 saturated heterocycles. The lowest BCUT2D eigenvalue weighted by Gasteiger charge is -2.02. The summed E-state index contributed by atoms with van der Waals surface area (Å²) < 4.78 is 0. The zero-order valence-electron chi connectivity index (χ0n) is 16.8. The maximum Gasteiger partial charge on any atom is 0.300 e. The van der Waals surface area contributed by atoms with Crippen LogP contribution in [0.2, 0.25) is 0 Å². The van der Waals surface area contributed by atoms with E-state index in [1.54, 1.807) is 0 Å². The second kappa shape index (κ2) is 27.7. The Morgan fingerprint density at radius 1 is 0.560 bits per heavy atom. The molecule has 0 bridgehead atoms. The molecule has 3 N–H and O–H groups in total. The summed E-state index contributed by atoms with van der Waals surface area (Å²) in [5.74, 6) is -1.67. The molecule has 0 aliphatic rings. The predicted octanol–water partition coefficient (Wildman–Crippen LogP) is 5.64. The minimum Gasteiger partial charge on any atom is -0.481 e. The van der Waals surface area contributed by atoms with Crippen LogP contribution in [0, 0.1) is 0 Å². The molecule has 0 fully saturated rings. The Morgan fingerprint density at radius 2 is 0.760 bits per heavy atom. The molecule has 0 aromatic heterocycles. The van der Waals surface area contributed by atoms with Crippen LogP contribution in [0.1, 0.15) is 111 Å². The molecule has 0 spiro atoms. The van der Waals surface area contributed by atoms with E-state index in [2.05, 4.69) is 6.92 Å². The molecule has 0 heterocycles. The standard InChI is InChI=1S/C16H34O.2C2H4O2/c1-2-3-4-5-6-7-8-9-10-11-12-13-14-15-16-17;2*1-2(3)4/h17H,2-16H2,1H3;2*1H3,(H,3,4). The summed E-state index contributed by atoms with van der Waals surface area (Å²) in [4.78, 5) is 18.0. The van der Waals surface area contributed by atoms with Gasteiger partial charge in [0, 0.05) is 20.5 Å². The van der Waals surface area contributed by atoms with E-state index in [1.807, 2.05) is 0 Å². The molecule has 5 nitrogen and oxygen atoms in total. The van der Waals surface area contributed by atoms with Crippen molar-refractivity contribution in [1.82, 2.24) is 0 Å². The molecule has 152 valence electrons. The van der Waals surface area contributed by atoms with Crippen LogP contribution in [0.4, 0.5) is 0 Å². The van der Waals surface area contributed by atoms with Crippen molar-refractivity contribution in [2.45, 2.75) is 111 Å². The number of aliphatic hydroxyl groups is 1. The number of carboxylic acids is 2. The summed E-state index contributed by atoms with van der Waals surface area (Å²) in [6.45, 7) is 4.82. The molecule has 0 rings (SSSR count). The van der Waals surface area contributed by atoms with Crippen LogP contribution in [-0.4, -0.2) is 33.9 Å². The highest BCUT2D eigenvalue weighted by Crippen LogP contribution is 2.12. The van der Waals surface area contributed by atoms with Gasteiger partial charge < -0.3 is 15.3 Å². The summed E-state index contributed by atoms with van der Waals surface area (Å²) in [5.41, 5.74) is 0. The van der Waals surface area contributed by atoms with Gasteiger partial charge in [0.2, 0.25) is 0 Å². The van der Waals surface area contributed by atoms with Gasteiger partial charge in [-0.3, -0.25) is 9.59 Å². The second-order valence-electron chi connectivity index (χ2n) is 6.36. The van der Waals surface area contributed by atoms with E-state index in [9.17, 15) is 0 Å². The van der Waals surface area contributed by atoms with Gasteiger partial charge in [-0.15, -0.1) is 0 Å². The van der Waals surface area contributed by atoms with Crippen molar-refractivity contribution in [3.8, 4) is 0 Å². The maximum atomic E-state index is 9.00. The van der Waals surface area contributed by atoms with Crippen molar-refractivity contribution in [1.29, 1.82) is 0 Å².